The van der Waals surface area contributed by atoms with Gasteiger partial charge in [0.2, 0.25) is 5.91 Å². The molecule has 1 atom stereocenters. The molecular weight excluding hydrogens is 212 g/mol. The highest BCUT2D eigenvalue weighted by Gasteiger charge is 2.11. The SMILES string of the molecule is CCCC(C)C(=O)Nc1ccc(N(C)C)cc1. The quantitative estimate of drug-likeness (QED) is 0.849. The number of benzene rings is 1. The first kappa shape index (κ1) is 13.6. The molecule has 1 aromatic carbocycles. The van der Waals surface area contributed by atoms with Gasteiger partial charge < -0.3 is 10.2 Å². The van der Waals surface area contributed by atoms with Crippen LogP contribution in [0.15, 0.2) is 24.3 Å². The van der Waals surface area contributed by atoms with Crippen LogP contribution in [0.2, 0.25) is 0 Å². The van der Waals surface area contributed by atoms with Crippen LogP contribution < -0.4 is 10.2 Å². The average molecular weight is 234 g/mol. The maximum Gasteiger partial charge on any atom is 0.227 e. The lowest BCUT2D eigenvalue weighted by Crippen LogP contribution is -2.20. The predicted octanol–water partition coefficient (Wildman–Crippen LogP) is 3.13. The molecule has 0 bridgehead atoms. The van der Waals surface area contributed by atoms with Crippen LogP contribution in [0.5, 0.6) is 0 Å². The summed E-state index contributed by atoms with van der Waals surface area (Å²) in [7, 11) is 3.99. The maximum absolute atomic E-state index is 11.8. The van der Waals surface area contributed by atoms with Gasteiger partial charge in [-0.1, -0.05) is 20.3 Å². The smallest absolute Gasteiger partial charge is 0.227 e. The molecule has 0 aromatic heterocycles. The molecule has 1 amide bonds. The zero-order valence-electron chi connectivity index (χ0n) is 11.2. The lowest BCUT2D eigenvalue weighted by atomic mass is 10.1. The first-order valence-electron chi connectivity index (χ1n) is 6.12. The molecule has 0 aliphatic carbocycles. The molecule has 1 N–H and O–H groups in total. The van der Waals surface area contributed by atoms with Crippen molar-refractivity contribution in [1.82, 2.24) is 0 Å². The van der Waals surface area contributed by atoms with E-state index in [2.05, 4.69) is 12.2 Å². The van der Waals surface area contributed by atoms with E-state index < -0.39 is 0 Å². The van der Waals surface area contributed by atoms with E-state index in [1.807, 2.05) is 50.2 Å². The molecule has 0 fully saturated rings. The Kier molecular flexibility index (Phi) is 5.01. The zero-order chi connectivity index (χ0) is 12.8. The van der Waals surface area contributed by atoms with Crippen molar-refractivity contribution in [2.75, 3.05) is 24.3 Å². The molecule has 1 aromatic rings. The van der Waals surface area contributed by atoms with Crippen molar-refractivity contribution in [3.05, 3.63) is 24.3 Å². The average Bonchev–Trinajstić information content (AvgIpc) is 2.30. The number of rotatable bonds is 5. The number of hydrogen-bond donors (Lipinski definition) is 1. The van der Waals surface area contributed by atoms with Crippen LogP contribution in [0.1, 0.15) is 26.7 Å². The second kappa shape index (κ2) is 6.28. The summed E-state index contributed by atoms with van der Waals surface area (Å²) in [5.41, 5.74) is 1.99. The number of hydrogen-bond acceptors (Lipinski definition) is 2. The lowest BCUT2D eigenvalue weighted by molar-refractivity contribution is -0.119. The van der Waals surface area contributed by atoms with E-state index in [0.29, 0.717) is 0 Å². The van der Waals surface area contributed by atoms with Crippen LogP contribution >= 0.6 is 0 Å². The van der Waals surface area contributed by atoms with Gasteiger partial charge in [0.25, 0.3) is 0 Å². The fourth-order valence-corrected chi connectivity index (χ4v) is 1.67. The molecule has 3 nitrogen and oxygen atoms in total. The summed E-state index contributed by atoms with van der Waals surface area (Å²) >= 11 is 0. The Balaban J connectivity index is 2.60. The Morgan fingerprint density at radius 1 is 1.29 bits per heavy atom. The molecule has 0 saturated heterocycles. The van der Waals surface area contributed by atoms with Crippen LogP contribution in [0.4, 0.5) is 11.4 Å². The van der Waals surface area contributed by atoms with Crippen molar-refractivity contribution in [3.8, 4) is 0 Å². The van der Waals surface area contributed by atoms with E-state index in [0.717, 1.165) is 24.2 Å². The van der Waals surface area contributed by atoms with Crippen molar-refractivity contribution in [1.29, 1.82) is 0 Å². The number of amides is 1. The van der Waals surface area contributed by atoms with Gasteiger partial charge in [-0.25, -0.2) is 0 Å². The minimum absolute atomic E-state index is 0.0773. The van der Waals surface area contributed by atoms with Crippen molar-refractivity contribution in [2.24, 2.45) is 5.92 Å². The van der Waals surface area contributed by atoms with Gasteiger partial charge in [0, 0.05) is 31.4 Å². The second-order valence-corrected chi connectivity index (χ2v) is 4.62. The van der Waals surface area contributed by atoms with Crippen molar-refractivity contribution in [3.63, 3.8) is 0 Å². The molecule has 0 spiro atoms. The largest absolute Gasteiger partial charge is 0.378 e. The van der Waals surface area contributed by atoms with Crippen LogP contribution in [0.25, 0.3) is 0 Å². The van der Waals surface area contributed by atoms with Crippen molar-refractivity contribution >= 4 is 17.3 Å². The Labute approximate surface area is 104 Å². The fraction of sp³-hybridized carbons (Fsp3) is 0.500. The third-order valence-corrected chi connectivity index (χ3v) is 2.82. The predicted molar refractivity (Wildman–Crippen MR) is 73.5 cm³/mol. The summed E-state index contributed by atoms with van der Waals surface area (Å²) in [4.78, 5) is 13.8. The monoisotopic (exact) mass is 234 g/mol. The molecule has 94 valence electrons. The van der Waals surface area contributed by atoms with Gasteiger partial charge in [-0.3, -0.25) is 4.79 Å². The third-order valence-electron chi connectivity index (χ3n) is 2.82. The fourth-order valence-electron chi connectivity index (χ4n) is 1.67. The van der Waals surface area contributed by atoms with E-state index in [1.165, 1.54) is 0 Å². The summed E-state index contributed by atoms with van der Waals surface area (Å²) in [6.45, 7) is 4.06. The van der Waals surface area contributed by atoms with E-state index in [1.54, 1.807) is 0 Å². The Morgan fingerprint density at radius 2 is 1.88 bits per heavy atom. The molecule has 17 heavy (non-hydrogen) atoms. The van der Waals surface area contributed by atoms with Gasteiger partial charge in [0.05, 0.1) is 0 Å². The summed E-state index contributed by atoms with van der Waals surface area (Å²) < 4.78 is 0. The molecule has 0 saturated carbocycles. The molecule has 1 rings (SSSR count). The minimum Gasteiger partial charge on any atom is -0.378 e. The maximum atomic E-state index is 11.8. The lowest BCUT2D eigenvalue weighted by Gasteiger charge is -2.14. The van der Waals surface area contributed by atoms with Crippen LogP contribution in [0, 0.1) is 5.92 Å². The normalized spacial score (nSPS) is 12.0. The first-order chi connectivity index (χ1) is 8.04. The Bertz CT molecular complexity index is 357. The van der Waals surface area contributed by atoms with E-state index >= 15 is 0 Å². The Hall–Kier alpha value is -1.51. The Morgan fingerprint density at radius 3 is 2.35 bits per heavy atom. The topological polar surface area (TPSA) is 32.3 Å². The minimum atomic E-state index is 0.0773. The van der Waals surface area contributed by atoms with E-state index in [-0.39, 0.29) is 11.8 Å². The molecular formula is C14H22N2O. The molecule has 0 aliphatic rings. The van der Waals surface area contributed by atoms with Gasteiger partial charge in [-0.2, -0.15) is 0 Å². The highest BCUT2D eigenvalue weighted by atomic mass is 16.1. The van der Waals surface area contributed by atoms with Crippen LogP contribution in [0.3, 0.4) is 0 Å². The van der Waals surface area contributed by atoms with Gasteiger partial charge in [0.15, 0.2) is 0 Å². The number of anilines is 2. The molecule has 0 aliphatic heterocycles. The summed E-state index contributed by atoms with van der Waals surface area (Å²) in [5, 5.41) is 2.94. The van der Waals surface area contributed by atoms with Crippen LogP contribution in [-0.2, 0) is 4.79 Å². The van der Waals surface area contributed by atoms with Gasteiger partial charge in [-0.15, -0.1) is 0 Å². The molecule has 1 unspecified atom stereocenters. The molecule has 0 radical (unpaired) electrons. The van der Waals surface area contributed by atoms with E-state index in [4.69, 9.17) is 0 Å². The number of carbonyl (C=O) groups is 1. The highest BCUT2D eigenvalue weighted by molar-refractivity contribution is 5.92. The van der Waals surface area contributed by atoms with Crippen molar-refractivity contribution < 1.29 is 4.79 Å². The van der Waals surface area contributed by atoms with Crippen LogP contribution in [-0.4, -0.2) is 20.0 Å². The standard InChI is InChI=1S/C14H22N2O/c1-5-6-11(2)14(17)15-12-7-9-13(10-8-12)16(3)4/h7-11H,5-6H2,1-4H3,(H,15,17). The van der Waals surface area contributed by atoms with E-state index in [9.17, 15) is 4.79 Å². The van der Waals surface area contributed by atoms with Gasteiger partial charge >= 0.3 is 0 Å². The highest BCUT2D eigenvalue weighted by Crippen LogP contribution is 2.17. The number of nitrogens with one attached hydrogen (secondary N) is 1. The second-order valence-electron chi connectivity index (χ2n) is 4.62. The van der Waals surface area contributed by atoms with Gasteiger partial charge in [0.1, 0.15) is 0 Å². The van der Waals surface area contributed by atoms with Crippen molar-refractivity contribution in [2.45, 2.75) is 26.7 Å². The molecule has 3 heteroatoms. The zero-order valence-corrected chi connectivity index (χ0v) is 11.2. The summed E-state index contributed by atoms with van der Waals surface area (Å²) in [6, 6.07) is 7.87. The summed E-state index contributed by atoms with van der Waals surface area (Å²) in [6.07, 6.45) is 1.97. The van der Waals surface area contributed by atoms with Gasteiger partial charge in [-0.05, 0) is 30.7 Å². The molecule has 0 heterocycles. The number of nitrogens with zero attached hydrogens (tertiary/aromatic N) is 1. The summed E-state index contributed by atoms with van der Waals surface area (Å²) in [5.74, 6) is 0.179. The number of carbonyl (C=O) groups excluding carboxylic acids is 1. The third kappa shape index (κ3) is 4.10. The first-order valence-corrected chi connectivity index (χ1v) is 6.12.